The van der Waals surface area contributed by atoms with Crippen LogP contribution in [0.2, 0.25) is 0 Å². The van der Waals surface area contributed by atoms with Gasteiger partial charge in [-0.2, -0.15) is 0 Å². The van der Waals surface area contributed by atoms with E-state index in [1.165, 1.54) is 6.42 Å². The molecule has 8 heavy (non-hydrogen) atoms. The number of hydrogen-bond acceptors (Lipinski definition) is 1. The lowest BCUT2D eigenvalue weighted by atomic mass is 9.96. The summed E-state index contributed by atoms with van der Waals surface area (Å²) in [4.78, 5) is 0. The predicted octanol–water partition coefficient (Wildman–Crippen LogP) is 1.68. The fourth-order valence-corrected chi connectivity index (χ4v) is 1.23. The molecule has 1 heteroatoms. The van der Waals surface area contributed by atoms with E-state index in [2.05, 4.69) is 13.8 Å². The molecule has 1 fully saturated rings. The molecule has 0 aliphatic carbocycles. The molecular formula is C7H14O. The third-order valence-electron chi connectivity index (χ3n) is 2.04. The van der Waals surface area contributed by atoms with Gasteiger partial charge in [-0.3, -0.25) is 0 Å². The summed E-state index contributed by atoms with van der Waals surface area (Å²) in [5, 5.41) is 0. The van der Waals surface area contributed by atoms with Crippen molar-refractivity contribution in [2.24, 2.45) is 11.8 Å². The lowest BCUT2D eigenvalue weighted by molar-refractivity contribution is 0.181. The summed E-state index contributed by atoms with van der Waals surface area (Å²) in [6.07, 6.45) is 1.28. The van der Waals surface area contributed by atoms with Crippen molar-refractivity contribution >= 4 is 0 Å². The average Bonchev–Trinajstić information content (AvgIpc) is 2.14. The highest BCUT2D eigenvalue weighted by atomic mass is 16.5. The number of hydrogen-bond donors (Lipinski definition) is 0. The van der Waals surface area contributed by atoms with E-state index >= 15 is 0 Å². The molecule has 1 aliphatic rings. The van der Waals surface area contributed by atoms with Crippen molar-refractivity contribution in [2.45, 2.75) is 20.3 Å². The van der Waals surface area contributed by atoms with E-state index in [9.17, 15) is 0 Å². The van der Waals surface area contributed by atoms with Crippen LogP contribution in [0.25, 0.3) is 0 Å². The van der Waals surface area contributed by atoms with E-state index in [4.69, 9.17) is 4.74 Å². The van der Waals surface area contributed by atoms with Gasteiger partial charge in [0.05, 0.1) is 0 Å². The molecule has 1 nitrogen and oxygen atoms in total. The van der Waals surface area contributed by atoms with Crippen LogP contribution in [-0.2, 0) is 4.74 Å². The van der Waals surface area contributed by atoms with Gasteiger partial charge in [0, 0.05) is 13.2 Å². The van der Waals surface area contributed by atoms with Crippen molar-refractivity contribution in [3.05, 3.63) is 0 Å². The third kappa shape index (κ3) is 1.03. The van der Waals surface area contributed by atoms with E-state index in [-0.39, 0.29) is 0 Å². The third-order valence-corrected chi connectivity index (χ3v) is 2.04. The number of rotatable bonds is 1. The maximum atomic E-state index is 5.26. The molecule has 48 valence electrons. The Hall–Kier alpha value is -0.0400. The summed E-state index contributed by atoms with van der Waals surface area (Å²) in [5.74, 6) is 1.65. The second-order valence-corrected chi connectivity index (χ2v) is 2.68. The zero-order valence-corrected chi connectivity index (χ0v) is 5.68. The Balaban J connectivity index is 2.30. The largest absolute Gasteiger partial charge is 0.381 e. The average molecular weight is 114 g/mol. The van der Waals surface area contributed by atoms with Crippen LogP contribution in [0.3, 0.4) is 0 Å². The Morgan fingerprint density at radius 2 is 2.25 bits per heavy atom. The van der Waals surface area contributed by atoms with Gasteiger partial charge in [-0.15, -0.1) is 0 Å². The van der Waals surface area contributed by atoms with Gasteiger partial charge in [0.25, 0.3) is 0 Å². The molecule has 1 saturated heterocycles. The van der Waals surface area contributed by atoms with E-state index in [0.717, 1.165) is 25.0 Å². The fraction of sp³-hybridized carbons (Fsp3) is 1.00. The standard InChI is InChI=1S/C7H14O/c1-3-7-5-8-4-6(7)2/h6-7H,3-5H2,1-2H3/t6-,7+/m1/s1. The minimum absolute atomic E-state index is 0.806. The van der Waals surface area contributed by atoms with E-state index < -0.39 is 0 Å². The monoisotopic (exact) mass is 114 g/mol. The molecule has 0 aromatic rings. The minimum atomic E-state index is 0.806. The van der Waals surface area contributed by atoms with Gasteiger partial charge >= 0.3 is 0 Å². The van der Waals surface area contributed by atoms with Crippen LogP contribution in [-0.4, -0.2) is 13.2 Å². The first-order valence-electron chi connectivity index (χ1n) is 3.42. The highest BCUT2D eigenvalue weighted by molar-refractivity contribution is 4.69. The highest BCUT2D eigenvalue weighted by Gasteiger charge is 2.21. The molecule has 0 aromatic heterocycles. The molecule has 1 aliphatic heterocycles. The minimum Gasteiger partial charge on any atom is -0.381 e. The van der Waals surface area contributed by atoms with Crippen molar-refractivity contribution in [1.82, 2.24) is 0 Å². The molecule has 0 N–H and O–H groups in total. The molecule has 0 aromatic carbocycles. The molecular weight excluding hydrogens is 100 g/mol. The zero-order valence-electron chi connectivity index (χ0n) is 5.68. The van der Waals surface area contributed by atoms with Crippen LogP contribution in [0.1, 0.15) is 20.3 Å². The highest BCUT2D eigenvalue weighted by Crippen LogP contribution is 2.21. The molecule has 2 atom stereocenters. The lowest BCUT2D eigenvalue weighted by Crippen LogP contribution is -2.06. The van der Waals surface area contributed by atoms with Crippen molar-refractivity contribution < 1.29 is 4.74 Å². The smallest absolute Gasteiger partial charge is 0.0497 e. The summed E-state index contributed by atoms with van der Waals surface area (Å²) in [5.41, 5.74) is 0. The Labute approximate surface area is 51.0 Å². The summed E-state index contributed by atoms with van der Waals surface area (Å²) in [6.45, 7) is 6.48. The Morgan fingerprint density at radius 1 is 1.50 bits per heavy atom. The normalized spacial score (nSPS) is 38.2. The molecule has 0 radical (unpaired) electrons. The predicted molar refractivity (Wildman–Crippen MR) is 33.8 cm³/mol. The summed E-state index contributed by atoms with van der Waals surface area (Å²) in [7, 11) is 0. The van der Waals surface area contributed by atoms with Crippen molar-refractivity contribution in [2.75, 3.05) is 13.2 Å². The van der Waals surface area contributed by atoms with Gasteiger partial charge in [0.15, 0.2) is 0 Å². The molecule has 0 unspecified atom stereocenters. The van der Waals surface area contributed by atoms with Gasteiger partial charge in [0.2, 0.25) is 0 Å². The molecule has 0 bridgehead atoms. The quantitative estimate of drug-likeness (QED) is 0.504. The molecule has 0 spiro atoms. The summed E-state index contributed by atoms with van der Waals surface area (Å²) >= 11 is 0. The Kier molecular flexibility index (Phi) is 1.90. The Bertz CT molecular complexity index is 70.8. The van der Waals surface area contributed by atoms with Crippen molar-refractivity contribution in [3.63, 3.8) is 0 Å². The maximum Gasteiger partial charge on any atom is 0.0497 e. The van der Waals surface area contributed by atoms with Crippen LogP contribution in [0.4, 0.5) is 0 Å². The van der Waals surface area contributed by atoms with Crippen LogP contribution >= 0.6 is 0 Å². The van der Waals surface area contributed by atoms with Crippen LogP contribution < -0.4 is 0 Å². The second kappa shape index (κ2) is 2.49. The van der Waals surface area contributed by atoms with Crippen LogP contribution in [0, 0.1) is 11.8 Å². The first kappa shape index (κ1) is 6.09. The first-order chi connectivity index (χ1) is 3.84. The topological polar surface area (TPSA) is 9.23 Å². The number of ether oxygens (including phenoxy) is 1. The van der Waals surface area contributed by atoms with E-state index in [0.29, 0.717) is 0 Å². The van der Waals surface area contributed by atoms with Crippen molar-refractivity contribution in [3.8, 4) is 0 Å². The van der Waals surface area contributed by atoms with Gasteiger partial charge in [-0.1, -0.05) is 20.3 Å². The van der Waals surface area contributed by atoms with Crippen LogP contribution in [0.15, 0.2) is 0 Å². The van der Waals surface area contributed by atoms with Crippen molar-refractivity contribution in [1.29, 1.82) is 0 Å². The van der Waals surface area contributed by atoms with E-state index in [1.54, 1.807) is 0 Å². The summed E-state index contributed by atoms with van der Waals surface area (Å²) in [6, 6.07) is 0. The summed E-state index contributed by atoms with van der Waals surface area (Å²) < 4.78 is 5.26. The van der Waals surface area contributed by atoms with Crippen LogP contribution in [0.5, 0.6) is 0 Å². The fourth-order valence-electron chi connectivity index (χ4n) is 1.23. The SMILES string of the molecule is CC[C@H]1COC[C@H]1C. The Morgan fingerprint density at radius 3 is 2.50 bits per heavy atom. The van der Waals surface area contributed by atoms with Gasteiger partial charge in [0.1, 0.15) is 0 Å². The molecule has 1 rings (SSSR count). The lowest BCUT2D eigenvalue weighted by Gasteiger charge is -2.07. The maximum absolute atomic E-state index is 5.26. The molecule has 0 amide bonds. The van der Waals surface area contributed by atoms with E-state index in [1.807, 2.05) is 0 Å². The molecule has 1 heterocycles. The van der Waals surface area contributed by atoms with Gasteiger partial charge in [-0.05, 0) is 11.8 Å². The molecule has 0 saturated carbocycles. The van der Waals surface area contributed by atoms with Gasteiger partial charge < -0.3 is 4.74 Å². The first-order valence-corrected chi connectivity index (χ1v) is 3.42. The second-order valence-electron chi connectivity index (χ2n) is 2.68. The van der Waals surface area contributed by atoms with Gasteiger partial charge in [-0.25, -0.2) is 0 Å². The zero-order chi connectivity index (χ0) is 5.98.